The molecule has 0 aliphatic heterocycles. The predicted octanol–water partition coefficient (Wildman–Crippen LogP) is 5.90. The van der Waals surface area contributed by atoms with Crippen LogP contribution in [0.2, 0.25) is 0 Å². The van der Waals surface area contributed by atoms with Gasteiger partial charge in [0.15, 0.2) is 6.79 Å². The highest BCUT2D eigenvalue weighted by Gasteiger charge is 2.11. The second kappa shape index (κ2) is 14.1. The maximum absolute atomic E-state index is 5.78. The van der Waals surface area contributed by atoms with E-state index in [1.54, 1.807) is 32.7 Å². The number of thiazole rings is 1. The Hall–Kier alpha value is -2.98. The second-order valence-corrected chi connectivity index (χ2v) is 10.3. The van der Waals surface area contributed by atoms with Gasteiger partial charge in [0, 0.05) is 43.8 Å². The molecular formula is C28H33N3O4S2. The average molecular weight is 540 g/mol. The highest BCUT2D eigenvalue weighted by molar-refractivity contribution is 7.98. The summed E-state index contributed by atoms with van der Waals surface area (Å²) in [7, 11) is 4.98. The van der Waals surface area contributed by atoms with Crippen molar-refractivity contribution in [2.75, 3.05) is 58.8 Å². The van der Waals surface area contributed by atoms with Gasteiger partial charge in [-0.2, -0.15) is 11.8 Å². The Morgan fingerprint density at radius 2 is 1.68 bits per heavy atom. The first-order valence-electron chi connectivity index (χ1n) is 12.1. The van der Waals surface area contributed by atoms with Crippen molar-refractivity contribution in [2.45, 2.75) is 5.75 Å². The van der Waals surface area contributed by atoms with E-state index in [4.69, 9.17) is 23.9 Å². The molecule has 4 aromatic rings. The molecule has 0 saturated heterocycles. The van der Waals surface area contributed by atoms with Gasteiger partial charge in [-0.1, -0.05) is 12.1 Å². The molecule has 0 bridgehead atoms. The van der Waals surface area contributed by atoms with Gasteiger partial charge < -0.3 is 29.6 Å². The first kappa shape index (κ1) is 27.1. The Labute approximate surface area is 226 Å². The monoisotopic (exact) mass is 539 g/mol. The fourth-order valence-electron chi connectivity index (χ4n) is 3.67. The van der Waals surface area contributed by atoms with Crippen molar-refractivity contribution in [3.8, 4) is 27.8 Å². The van der Waals surface area contributed by atoms with Gasteiger partial charge in [0.05, 0.1) is 30.1 Å². The van der Waals surface area contributed by atoms with Crippen LogP contribution in [0.25, 0.3) is 20.8 Å². The van der Waals surface area contributed by atoms with E-state index in [1.807, 2.05) is 54.2 Å². The van der Waals surface area contributed by atoms with E-state index < -0.39 is 0 Å². The van der Waals surface area contributed by atoms with Crippen molar-refractivity contribution in [2.24, 2.45) is 0 Å². The van der Waals surface area contributed by atoms with Gasteiger partial charge in [0.2, 0.25) is 0 Å². The summed E-state index contributed by atoms with van der Waals surface area (Å²) in [5.74, 6) is 4.52. The van der Waals surface area contributed by atoms with Crippen molar-refractivity contribution >= 4 is 39.0 Å². The molecule has 0 unspecified atom stereocenters. The molecule has 7 nitrogen and oxygen atoms in total. The summed E-state index contributed by atoms with van der Waals surface area (Å²) in [4.78, 5) is 4.81. The average Bonchev–Trinajstić information content (AvgIpc) is 3.37. The molecule has 196 valence electrons. The SMILES string of the molecule is COCOc1ccc(-c2nc3ccc(OC)cc3s2)cc1NCCNCCSCc1ccc(OC)cc1. The number of methoxy groups -OCH3 is 3. The lowest BCUT2D eigenvalue weighted by Crippen LogP contribution is -2.24. The number of nitrogens with zero attached hydrogens (tertiary/aromatic N) is 1. The van der Waals surface area contributed by atoms with Crippen LogP contribution in [0.3, 0.4) is 0 Å². The van der Waals surface area contributed by atoms with Crippen LogP contribution in [-0.4, -0.2) is 58.5 Å². The first-order chi connectivity index (χ1) is 18.2. The number of rotatable bonds is 15. The minimum Gasteiger partial charge on any atom is -0.497 e. The van der Waals surface area contributed by atoms with Crippen LogP contribution in [0.15, 0.2) is 60.7 Å². The lowest BCUT2D eigenvalue weighted by molar-refractivity contribution is 0.0516. The van der Waals surface area contributed by atoms with Crippen molar-refractivity contribution in [1.29, 1.82) is 0 Å². The molecule has 0 aliphatic rings. The third-order valence-corrected chi connectivity index (χ3v) is 7.72. The number of nitrogens with one attached hydrogen (secondary N) is 2. The third kappa shape index (κ3) is 7.75. The molecule has 1 aromatic heterocycles. The Morgan fingerprint density at radius 1 is 0.865 bits per heavy atom. The molecule has 0 fully saturated rings. The van der Waals surface area contributed by atoms with E-state index in [2.05, 4.69) is 28.8 Å². The van der Waals surface area contributed by atoms with Crippen LogP contribution < -0.4 is 24.8 Å². The molecule has 3 aromatic carbocycles. The molecule has 4 rings (SSSR count). The zero-order chi connectivity index (χ0) is 25.9. The fourth-order valence-corrected chi connectivity index (χ4v) is 5.52. The molecule has 0 amide bonds. The van der Waals surface area contributed by atoms with Gasteiger partial charge in [0.25, 0.3) is 0 Å². The topological polar surface area (TPSA) is 73.9 Å². The molecule has 9 heteroatoms. The maximum Gasteiger partial charge on any atom is 0.188 e. The lowest BCUT2D eigenvalue weighted by atomic mass is 10.2. The highest BCUT2D eigenvalue weighted by atomic mass is 32.2. The summed E-state index contributed by atoms with van der Waals surface area (Å²) >= 11 is 3.56. The van der Waals surface area contributed by atoms with Gasteiger partial charge >= 0.3 is 0 Å². The number of thioether (sulfide) groups is 1. The Bertz CT molecular complexity index is 1260. The normalized spacial score (nSPS) is 11.0. The fraction of sp³-hybridized carbons (Fsp3) is 0.321. The van der Waals surface area contributed by atoms with E-state index in [-0.39, 0.29) is 6.79 Å². The third-order valence-electron chi connectivity index (χ3n) is 5.62. The first-order valence-corrected chi connectivity index (χ1v) is 14.0. The molecule has 37 heavy (non-hydrogen) atoms. The van der Waals surface area contributed by atoms with E-state index >= 15 is 0 Å². The van der Waals surface area contributed by atoms with Crippen molar-refractivity contribution in [3.63, 3.8) is 0 Å². The number of fused-ring (bicyclic) bond motifs is 1. The van der Waals surface area contributed by atoms with E-state index in [0.29, 0.717) is 0 Å². The van der Waals surface area contributed by atoms with Crippen LogP contribution >= 0.6 is 23.1 Å². The van der Waals surface area contributed by atoms with Crippen molar-refractivity contribution in [3.05, 3.63) is 66.2 Å². The summed E-state index contributed by atoms with van der Waals surface area (Å²) < 4.78 is 22.6. The number of ether oxygens (including phenoxy) is 4. The number of aromatic nitrogens is 1. The van der Waals surface area contributed by atoms with Crippen LogP contribution in [-0.2, 0) is 10.5 Å². The molecule has 2 N–H and O–H groups in total. The molecule has 0 radical (unpaired) electrons. The zero-order valence-electron chi connectivity index (χ0n) is 21.4. The Balaban J connectivity index is 1.28. The van der Waals surface area contributed by atoms with Gasteiger partial charge in [0.1, 0.15) is 22.3 Å². The Morgan fingerprint density at radius 3 is 2.46 bits per heavy atom. The zero-order valence-corrected chi connectivity index (χ0v) is 23.0. The molecule has 0 saturated carbocycles. The smallest absolute Gasteiger partial charge is 0.188 e. The van der Waals surface area contributed by atoms with Gasteiger partial charge in [-0.25, -0.2) is 4.98 Å². The largest absolute Gasteiger partial charge is 0.497 e. The van der Waals surface area contributed by atoms with E-state index in [9.17, 15) is 0 Å². The standard InChI is InChI=1S/C28H33N3O4S2/c1-32-19-35-26-11-6-21(28-31-24-10-9-23(34-3)17-27(24)37-28)16-25(26)30-13-12-29-14-15-36-18-20-4-7-22(33-2)8-5-20/h4-11,16-17,29-30H,12-15,18-19H2,1-3H3. The minimum absolute atomic E-state index is 0.193. The number of benzene rings is 3. The summed E-state index contributed by atoms with van der Waals surface area (Å²) in [6.07, 6.45) is 0. The molecule has 0 spiro atoms. The quantitative estimate of drug-likeness (QED) is 0.143. The van der Waals surface area contributed by atoms with Gasteiger partial charge in [-0.05, 0) is 54.1 Å². The van der Waals surface area contributed by atoms with E-state index in [0.717, 1.165) is 74.9 Å². The molecule has 0 atom stereocenters. The minimum atomic E-state index is 0.193. The van der Waals surface area contributed by atoms with Gasteiger partial charge in [-0.15, -0.1) is 11.3 Å². The van der Waals surface area contributed by atoms with E-state index in [1.165, 1.54) is 5.56 Å². The summed E-state index contributed by atoms with van der Waals surface area (Å²) in [6.45, 7) is 2.76. The predicted molar refractivity (Wildman–Crippen MR) is 155 cm³/mol. The maximum atomic E-state index is 5.78. The number of anilines is 1. The number of hydrogen-bond donors (Lipinski definition) is 2. The summed E-state index contributed by atoms with van der Waals surface area (Å²) in [5, 5.41) is 7.97. The van der Waals surface area contributed by atoms with Gasteiger partial charge in [-0.3, -0.25) is 0 Å². The van der Waals surface area contributed by atoms with Crippen molar-refractivity contribution in [1.82, 2.24) is 10.3 Å². The summed E-state index contributed by atoms with van der Waals surface area (Å²) in [6, 6.07) is 20.3. The summed E-state index contributed by atoms with van der Waals surface area (Å²) in [5.41, 5.74) is 4.23. The molecule has 1 heterocycles. The highest BCUT2D eigenvalue weighted by Crippen LogP contribution is 2.36. The van der Waals surface area contributed by atoms with Crippen LogP contribution in [0.4, 0.5) is 5.69 Å². The Kier molecular flexibility index (Phi) is 10.3. The van der Waals surface area contributed by atoms with Crippen LogP contribution in [0, 0.1) is 0 Å². The van der Waals surface area contributed by atoms with Crippen LogP contribution in [0.5, 0.6) is 17.2 Å². The molecular weight excluding hydrogens is 506 g/mol. The second-order valence-electron chi connectivity index (χ2n) is 8.19. The lowest BCUT2D eigenvalue weighted by Gasteiger charge is -2.14. The van der Waals surface area contributed by atoms with Crippen LogP contribution in [0.1, 0.15) is 5.56 Å². The number of hydrogen-bond acceptors (Lipinski definition) is 9. The van der Waals surface area contributed by atoms with Crippen molar-refractivity contribution < 1.29 is 18.9 Å². The molecule has 0 aliphatic carbocycles.